The Hall–Kier alpha value is -1.88. The molecule has 1 amide bonds. The molecule has 1 saturated heterocycles. The van der Waals surface area contributed by atoms with Crippen LogP contribution < -0.4 is 4.74 Å². The minimum Gasteiger partial charge on any atom is -0.497 e. The van der Waals surface area contributed by atoms with Crippen LogP contribution in [0.2, 0.25) is 0 Å². The van der Waals surface area contributed by atoms with Gasteiger partial charge in [-0.15, -0.1) is 0 Å². The second-order valence-corrected chi connectivity index (χ2v) is 6.66. The summed E-state index contributed by atoms with van der Waals surface area (Å²) in [6.07, 6.45) is 6.25. The molecule has 3 rings (SSSR count). The molecule has 2 heterocycles. The first-order chi connectivity index (χ1) is 11.2. The van der Waals surface area contributed by atoms with Gasteiger partial charge in [-0.3, -0.25) is 9.78 Å². The lowest BCUT2D eigenvalue weighted by molar-refractivity contribution is 0.0736. The van der Waals surface area contributed by atoms with E-state index in [0.29, 0.717) is 5.56 Å². The number of methoxy groups -OCH3 is 1. The average Bonchev–Trinajstić information content (AvgIpc) is 3.02. The molecule has 1 aromatic carbocycles. The van der Waals surface area contributed by atoms with Gasteiger partial charge >= 0.3 is 0 Å². The summed E-state index contributed by atoms with van der Waals surface area (Å²) in [7, 11) is 1.67. The maximum atomic E-state index is 12.8. The SMILES string of the molecule is COc1cccc(C[C@@H]2CCCN2C(=O)c2cncc(Br)c2)c1. The molecule has 0 bridgehead atoms. The predicted molar refractivity (Wildman–Crippen MR) is 92.7 cm³/mol. The number of benzene rings is 1. The first-order valence-corrected chi connectivity index (χ1v) is 8.51. The Balaban J connectivity index is 1.76. The molecule has 1 aliphatic rings. The number of rotatable bonds is 4. The van der Waals surface area contributed by atoms with E-state index in [1.54, 1.807) is 19.5 Å². The summed E-state index contributed by atoms with van der Waals surface area (Å²) < 4.78 is 6.11. The fourth-order valence-electron chi connectivity index (χ4n) is 3.08. The zero-order valence-corrected chi connectivity index (χ0v) is 14.6. The minimum atomic E-state index is 0.0594. The van der Waals surface area contributed by atoms with E-state index in [1.807, 2.05) is 29.2 Å². The maximum absolute atomic E-state index is 12.8. The Morgan fingerprint density at radius 2 is 2.26 bits per heavy atom. The Morgan fingerprint density at radius 1 is 1.39 bits per heavy atom. The zero-order valence-electron chi connectivity index (χ0n) is 13.0. The highest BCUT2D eigenvalue weighted by Gasteiger charge is 2.29. The van der Waals surface area contributed by atoms with Gasteiger partial charge in [-0.25, -0.2) is 0 Å². The van der Waals surface area contributed by atoms with Crippen LogP contribution in [0, 0.1) is 0 Å². The molecule has 1 fully saturated rings. The van der Waals surface area contributed by atoms with Crippen LogP contribution in [0.1, 0.15) is 28.8 Å². The third-order valence-corrected chi connectivity index (χ3v) is 4.63. The van der Waals surface area contributed by atoms with E-state index in [4.69, 9.17) is 4.74 Å². The van der Waals surface area contributed by atoms with Gasteiger partial charge in [-0.2, -0.15) is 0 Å². The molecule has 0 saturated carbocycles. The van der Waals surface area contributed by atoms with Crippen LogP contribution in [0.25, 0.3) is 0 Å². The molecule has 23 heavy (non-hydrogen) atoms. The number of hydrogen-bond donors (Lipinski definition) is 0. The van der Waals surface area contributed by atoms with Gasteiger partial charge in [0.05, 0.1) is 12.7 Å². The number of carbonyl (C=O) groups excluding carboxylic acids is 1. The summed E-state index contributed by atoms with van der Waals surface area (Å²) in [5.41, 5.74) is 1.83. The maximum Gasteiger partial charge on any atom is 0.255 e. The highest BCUT2D eigenvalue weighted by atomic mass is 79.9. The smallest absolute Gasteiger partial charge is 0.255 e. The van der Waals surface area contributed by atoms with Crippen molar-refractivity contribution in [1.82, 2.24) is 9.88 Å². The molecular formula is C18H19BrN2O2. The molecule has 5 heteroatoms. The molecule has 1 atom stereocenters. The van der Waals surface area contributed by atoms with Crippen molar-refractivity contribution in [1.29, 1.82) is 0 Å². The van der Waals surface area contributed by atoms with Crippen molar-refractivity contribution in [3.63, 3.8) is 0 Å². The van der Waals surface area contributed by atoms with Gasteiger partial charge in [-0.1, -0.05) is 12.1 Å². The fraction of sp³-hybridized carbons (Fsp3) is 0.333. The topological polar surface area (TPSA) is 42.4 Å². The Kier molecular flexibility index (Phi) is 4.96. The monoisotopic (exact) mass is 374 g/mol. The van der Waals surface area contributed by atoms with E-state index in [2.05, 4.69) is 27.0 Å². The van der Waals surface area contributed by atoms with Gasteiger partial charge in [0.1, 0.15) is 5.75 Å². The fourth-order valence-corrected chi connectivity index (χ4v) is 3.45. The van der Waals surface area contributed by atoms with Crippen LogP contribution in [0.5, 0.6) is 5.75 Å². The highest BCUT2D eigenvalue weighted by Crippen LogP contribution is 2.25. The van der Waals surface area contributed by atoms with E-state index in [0.717, 1.165) is 36.0 Å². The van der Waals surface area contributed by atoms with Gasteiger partial charge in [0.2, 0.25) is 0 Å². The third kappa shape index (κ3) is 3.72. The largest absolute Gasteiger partial charge is 0.497 e. The number of amides is 1. The van der Waals surface area contributed by atoms with Gasteiger partial charge in [0, 0.05) is 29.5 Å². The molecule has 1 aromatic heterocycles. The van der Waals surface area contributed by atoms with Crippen molar-refractivity contribution in [2.45, 2.75) is 25.3 Å². The highest BCUT2D eigenvalue weighted by molar-refractivity contribution is 9.10. The number of hydrogen-bond acceptors (Lipinski definition) is 3. The van der Waals surface area contributed by atoms with Gasteiger partial charge in [-0.05, 0) is 59.0 Å². The Bertz CT molecular complexity index is 705. The molecule has 4 nitrogen and oxygen atoms in total. The molecule has 120 valence electrons. The second kappa shape index (κ2) is 7.13. The predicted octanol–water partition coefficient (Wildman–Crippen LogP) is 3.70. The molecule has 0 aliphatic carbocycles. The first-order valence-electron chi connectivity index (χ1n) is 7.72. The normalized spacial score (nSPS) is 17.3. The van der Waals surface area contributed by atoms with E-state index >= 15 is 0 Å². The molecule has 0 unspecified atom stereocenters. The average molecular weight is 375 g/mol. The van der Waals surface area contributed by atoms with E-state index in [9.17, 15) is 4.79 Å². The number of aromatic nitrogens is 1. The molecule has 0 radical (unpaired) electrons. The lowest BCUT2D eigenvalue weighted by Gasteiger charge is -2.25. The number of nitrogens with zero attached hydrogens (tertiary/aromatic N) is 2. The summed E-state index contributed by atoms with van der Waals surface area (Å²) in [5, 5.41) is 0. The summed E-state index contributed by atoms with van der Waals surface area (Å²) in [6, 6.07) is 10.1. The van der Waals surface area contributed by atoms with Crippen molar-refractivity contribution in [2.24, 2.45) is 0 Å². The van der Waals surface area contributed by atoms with Gasteiger partial charge in [0.25, 0.3) is 5.91 Å². The molecule has 2 aromatic rings. The van der Waals surface area contributed by atoms with E-state index < -0.39 is 0 Å². The lowest BCUT2D eigenvalue weighted by atomic mass is 10.0. The summed E-state index contributed by atoms with van der Waals surface area (Å²) in [5.74, 6) is 0.916. The molecule has 0 N–H and O–H groups in total. The van der Waals surface area contributed by atoms with Crippen LogP contribution in [-0.2, 0) is 6.42 Å². The van der Waals surface area contributed by atoms with Crippen molar-refractivity contribution in [2.75, 3.05) is 13.7 Å². The van der Waals surface area contributed by atoms with Crippen molar-refractivity contribution >= 4 is 21.8 Å². The third-order valence-electron chi connectivity index (χ3n) is 4.20. The van der Waals surface area contributed by atoms with Gasteiger partial charge < -0.3 is 9.64 Å². The number of likely N-dealkylation sites (tertiary alicyclic amines) is 1. The zero-order chi connectivity index (χ0) is 16.2. The summed E-state index contributed by atoms with van der Waals surface area (Å²) in [6.45, 7) is 0.806. The number of halogens is 1. The lowest BCUT2D eigenvalue weighted by Crippen LogP contribution is -2.36. The van der Waals surface area contributed by atoms with Crippen LogP contribution in [0.3, 0.4) is 0 Å². The molecular weight excluding hydrogens is 356 g/mol. The van der Waals surface area contributed by atoms with Crippen molar-refractivity contribution < 1.29 is 9.53 Å². The van der Waals surface area contributed by atoms with Crippen molar-refractivity contribution in [3.8, 4) is 5.75 Å². The molecule has 0 spiro atoms. The Labute approximate surface area is 144 Å². The summed E-state index contributed by atoms with van der Waals surface area (Å²) >= 11 is 3.38. The van der Waals surface area contributed by atoms with Crippen LogP contribution >= 0.6 is 15.9 Å². The molecule has 1 aliphatic heterocycles. The quantitative estimate of drug-likeness (QED) is 0.819. The van der Waals surface area contributed by atoms with Crippen LogP contribution in [0.15, 0.2) is 47.2 Å². The van der Waals surface area contributed by atoms with E-state index in [1.165, 1.54) is 5.56 Å². The van der Waals surface area contributed by atoms with Gasteiger partial charge in [0.15, 0.2) is 0 Å². The number of pyridine rings is 1. The summed E-state index contributed by atoms with van der Waals surface area (Å²) in [4.78, 5) is 18.8. The van der Waals surface area contributed by atoms with Crippen LogP contribution in [-0.4, -0.2) is 35.5 Å². The second-order valence-electron chi connectivity index (χ2n) is 5.74. The standard InChI is InChI=1S/C18H19BrN2O2/c1-23-17-6-2-4-13(9-17)8-16-5-3-7-21(16)18(22)14-10-15(19)12-20-11-14/h2,4,6,9-12,16H,3,5,7-8H2,1H3/t16-/m0/s1. The number of carbonyl (C=O) groups is 1. The minimum absolute atomic E-state index is 0.0594. The number of ether oxygens (including phenoxy) is 1. The van der Waals surface area contributed by atoms with E-state index in [-0.39, 0.29) is 11.9 Å². The van der Waals surface area contributed by atoms with Crippen LogP contribution in [0.4, 0.5) is 0 Å². The Morgan fingerprint density at radius 3 is 3.04 bits per heavy atom. The van der Waals surface area contributed by atoms with Crippen molar-refractivity contribution in [3.05, 3.63) is 58.3 Å². The first kappa shape index (κ1) is 16.0.